The molecule has 0 N–H and O–H groups in total. The average Bonchev–Trinajstić information content (AvgIpc) is 3.08. The summed E-state index contributed by atoms with van der Waals surface area (Å²) in [6.07, 6.45) is 5.06. The van der Waals surface area contributed by atoms with Crippen molar-refractivity contribution in [1.29, 1.82) is 0 Å². The maximum atomic E-state index is 10.9. The van der Waals surface area contributed by atoms with E-state index >= 15 is 0 Å². The molecule has 0 fully saturated rings. The van der Waals surface area contributed by atoms with Crippen LogP contribution in [0.4, 0.5) is 5.82 Å². The Morgan fingerprint density at radius 3 is 2.85 bits per heavy atom. The highest BCUT2D eigenvalue weighted by molar-refractivity contribution is 5.62. The topological polar surface area (TPSA) is 86.3 Å². The third-order valence-electron chi connectivity index (χ3n) is 4.54. The number of hydrogen-bond donors (Lipinski definition) is 0. The number of imidazole rings is 1. The van der Waals surface area contributed by atoms with Crippen LogP contribution in [0.5, 0.6) is 6.01 Å². The summed E-state index contributed by atoms with van der Waals surface area (Å²) in [5.41, 5.74) is 3.43. The quantitative estimate of drug-likeness (QED) is 0.522. The lowest BCUT2D eigenvalue weighted by atomic mass is 10.0. The van der Waals surface area contributed by atoms with Gasteiger partial charge in [-0.05, 0) is 33.7 Å². The smallest absolute Gasteiger partial charge is 0.414 e. The highest BCUT2D eigenvalue weighted by atomic mass is 16.6. The molecule has 8 heteroatoms. The lowest BCUT2D eigenvalue weighted by Gasteiger charge is -2.24. The van der Waals surface area contributed by atoms with Gasteiger partial charge in [0.25, 0.3) is 0 Å². The van der Waals surface area contributed by atoms with Gasteiger partial charge in [-0.2, -0.15) is 0 Å². The van der Waals surface area contributed by atoms with Crippen LogP contribution in [0, 0.1) is 10.1 Å². The normalized spacial score (nSPS) is 14.7. The molecule has 27 heavy (non-hydrogen) atoms. The molecule has 0 amide bonds. The van der Waals surface area contributed by atoms with Crippen LogP contribution >= 0.6 is 0 Å². The van der Waals surface area contributed by atoms with Gasteiger partial charge in [-0.3, -0.25) is 14.5 Å². The molecule has 1 aromatic carbocycles. The number of nitro groups is 1. The summed E-state index contributed by atoms with van der Waals surface area (Å²) < 4.78 is 7.32. The van der Waals surface area contributed by atoms with Crippen molar-refractivity contribution in [2.75, 3.05) is 19.7 Å². The Morgan fingerprint density at radius 1 is 1.15 bits per heavy atom. The van der Waals surface area contributed by atoms with Crippen LogP contribution in [0.2, 0.25) is 0 Å². The van der Waals surface area contributed by atoms with E-state index in [0.29, 0.717) is 19.2 Å². The molecule has 0 saturated heterocycles. The third kappa shape index (κ3) is 3.95. The zero-order valence-corrected chi connectivity index (χ0v) is 14.7. The monoisotopic (exact) mass is 365 g/mol. The first kappa shape index (κ1) is 17.2. The van der Waals surface area contributed by atoms with Crippen LogP contribution in [0.1, 0.15) is 5.56 Å². The van der Waals surface area contributed by atoms with Crippen molar-refractivity contribution in [3.05, 3.63) is 70.7 Å². The van der Waals surface area contributed by atoms with Crippen molar-refractivity contribution in [2.45, 2.75) is 13.1 Å². The Kier molecular flexibility index (Phi) is 4.80. The summed E-state index contributed by atoms with van der Waals surface area (Å²) >= 11 is 0. The Morgan fingerprint density at radius 2 is 2.04 bits per heavy atom. The predicted octanol–water partition coefficient (Wildman–Crippen LogP) is 2.75. The van der Waals surface area contributed by atoms with E-state index in [0.717, 1.165) is 30.8 Å². The molecule has 0 atom stereocenters. The number of nitrogens with zero attached hydrogens (tertiary/aromatic N) is 5. The number of fused-ring (bicyclic) bond motifs is 1. The molecule has 4 rings (SSSR count). The summed E-state index contributed by atoms with van der Waals surface area (Å²) in [7, 11) is 0. The van der Waals surface area contributed by atoms with Gasteiger partial charge in [0.15, 0.2) is 0 Å². The molecule has 0 unspecified atom stereocenters. The fourth-order valence-corrected chi connectivity index (χ4v) is 3.18. The van der Waals surface area contributed by atoms with Crippen molar-refractivity contribution >= 4 is 5.82 Å². The number of rotatable bonds is 4. The molecule has 2 aromatic heterocycles. The minimum absolute atomic E-state index is 0.178. The predicted molar refractivity (Wildman–Crippen MR) is 99.3 cm³/mol. The molecule has 1 aliphatic heterocycles. The number of benzene rings is 1. The first-order chi connectivity index (χ1) is 13.2. The summed E-state index contributed by atoms with van der Waals surface area (Å²) in [5.74, 6) is -0.178. The van der Waals surface area contributed by atoms with E-state index in [1.165, 1.54) is 11.8 Å². The van der Waals surface area contributed by atoms with Crippen molar-refractivity contribution < 1.29 is 9.66 Å². The lowest BCUT2D eigenvalue weighted by Crippen LogP contribution is -2.33. The van der Waals surface area contributed by atoms with Crippen LogP contribution in [0.25, 0.3) is 11.1 Å². The summed E-state index contributed by atoms with van der Waals surface area (Å²) in [6, 6.07) is 12.7. The van der Waals surface area contributed by atoms with Gasteiger partial charge in [0.2, 0.25) is 0 Å². The van der Waals surface area contributed by atoms with Crippen LogP contribution in [-0.4, -0.2) is 44.1 Å². The van der Waals surface area contributed by atoms with Crippen molar-refractivity contribution in [3.8, 4) is 17.1 Å². The zero-order valence-electron chi connectivity index (χ0n) is 14.7. The molecule has 8 nitrogen and oxygen atoms in total. The van der Waals surface area contributed by atoms with Gasteiger partial charge in [-0.15, -0.1) is 0 Å². The molecule has 138 valence electrons. The number of hydrogen-bond acceptors (Lipinski definition) is 6. The van der Waals surface area contributed by atoms with Gasteiger partial charge in [-0.25, -0.2) is 0 Å². The molecule has 0 spiro atoms. The molecular weight excluding hydrogens is 346 g/mol. The van der Waals surface area contributed by atoms with Crippen LogP contribution in [-0.2, 0) is 13.1 Å². The second-order valence-corrected chi connectivity index (χ2v) is 6.40. The number of ether oxygens (including phenoxy) is 1. The van der Waals surface area contributed by atoms with E-state index in [2.05, 4.69) is 39.1 Å². The molecule has 0 bridgehead atoms. The summed E-state index contributed by atoms with van der Waals surface area (Å²) in [6.45, 7) is 3.32. The summed E-state index contributed by atoms with van der Waals surface area (Å²) in [4.78, 5) is 20.8. The van der Waals surface area contributed by atoms with Gasteiger partial charge in [-0.1, -0.05) is 24.3 Å². The minimum Gasteiger partial charge on any atom is -0.444 e. The van der Waals surface area contributed by atoms with Crippen molar-refractivity contribution in [3.63, 3.8) is 0 Å². The van der Waals surface area contributed by atoms with Crippen LogP contribution in [0.3, 0.4) is 0 Å². The molecule has 0 aliphatic carbocycles. The molecule has 3 heterocycles. The number of pyridine rings is 1. The highest BCUT2D eigenvalue weighted by Crippen LogP contribution is 2.22. The molecule has 1 aliphatic rings. The Labute approximate surface area is 156 Å². The zero-order chi connectivity index (χ0) is 18.6. The molecule has 0 radical (unpaired) electrons. The molecule has 3 aromatic rings. The first-order valence-electron chi connectivity index (χ1n) is 8.75. The summed E-state index contributed by atoms with van der Waals surface area (Å²) in [5, 5.41) is 10.9. The van der Waals surface area contributed by atoms with Gasteiger partial charge in [0.1, 0.15) is 12.8 Å². The van der Waals surface area contributed by atoms with Crippen LogP contribution in [0.15, 0.2) is 55.0 Å². The second kappa shape index (κ2) is 7.55. The highest BCUT2D eigenvalue weighted by Gasteiger charge is 2.22. The van der Waals surface area contributed by atoms with Gasteiger partial charge < -0.3 is 14.9 Å². The fourth-order valence-electron chi connectivity index (χ4n) is 3.18. The second-order valence-electron chi connectivity index (χ2n) is 6.40. The largest absolute Gasteiger partial charge is 0.444 e. The van der Waals surface area contributed by atoms with E-state index in [1.807, 2.05) is 18.3 Å². The maximum Gasteiger partial charge on any atom is 0.414 e. The van der Waals surface area contributed by atoms with Crippen molar-refractivity contribution in [2.24, 2.45) is 0 Å². The van der Waals surface area contributed by atoms with E-state index in [9.17, 15) is 10.1 Å². The maximum absolute atomic E-state index is 10.9. The first-order valence-corrected chi connectivity index (χ1v) is 8.75. The molecule has 0 saturated carbocycles. The fraction of sp³-hybridized carbons (Fsp3) is 0.263. The van der Waals surface area contributed by atoms with E-state index in [-0.39, 0.29) is 5.82 Å². The van der Waals surface area contributed by atoms with Gasteiger partial charge in [0.05, 0.1) is 0 Å². The lowest BCUT2D eigenvalue weighted by molar-refractivity contribution is -0.389. The van der Waals surface area contributed by atoms with Crippen molar-refractivity contribution in [1.82, 2.24) is 19.4 Å². The average molecular weight is 365 g/mol. The van der Waals surface area contributed by atoms with Gasteiger partial charge in [0, 0.05) is 43.6 Å². The van der Waals surface area contributed by atoms with E-state index in [4.69, 9.17) is 4.74 Å². The SMILES string of the molecule is O=[N+]([O-])c1cn2c(n1)OCCN(Cc1cccc(-c3cccnc3)c1)CC2. The van der Waals surface area contributed by atoms with Gasteiger partial charge >= 0.3 is 11.8 Å². The Hall–Kier alpha value is -3.26. The number of aromatic nitrogens is 3. The third-order valence-corrected chi connectivity index (χ3v) is 4.54. The standard InChI is InChI=1S/C19H19N5O3/c25-24(26)18-14-23-8-7-22(9-10-27-19(23)21-18)13-15-3-1-4-16(11-15)17-5-2-6-20-12-17/h1-6,11-12,14H,7-10,13H2. The van der Waals surface area contributed by atoms with Crippen LogP contribution < -0.4 is 4.74 Å². The minimum atomic E-state index is -0.497. The Bertz CT molecular complexity index is 942. The molecular formula is C19H19N5O3. The Balaban J connectivity index is 1.46. The van der Waals surface area contributed by atoms with E-state index in [1.54, 1.807) is 10.8 Å². The van der Waals surface area contributed by atoms with E-state index < -0.39 is 4.92 Å².